The fraction of sp³-hybridized carbons (Fsp3) is 0.179. The van der Waals surface area contributed by atoms with Crippen molar-refractivity contribution in [2.75, 3.05) is 26.1 Å². The van der Waals surface area contributed by atoms with Crippen molar-refractivity contribution in [2.24, 2.45) is 0 Å². The second-order valence-electron chi connectivity index (χ2n) is 8.76. The van der Waals surface area contributed by atoms with Gasteiger partial charge in [0.15, 0.2) is 0 Å². The molecule has 0 radical (unpaired) electrons. The number of carbonyl (C=O) groups excluding carboxylic acids is 2. The number of aliphatic hydroxyl groups is 1. The van der Waals surface area contributed by atoms with E-state index >= 15 is 0 Å². The molecule has 1 fully saturated rings. The van der Waals surface area contributed by atoms with Crippen molar-refractivity contribution < 1.29 is 33.7 Å². The van der Waals surface area contributed by atoms with E-state index in [2.05, 4.69) is 0 Å². The zero-order chi connectivity index (χ0) is 26.9. The highest BCUT2D eigenvalue weighted by atomic mass is 19.1. The number of carboxylic acids is 1. The molecule has 1 atom stereocenters. The highest BCUT2D eigenvalue weighted by Gasteiger charge is 2.46. The Labute approximate surface area is 212 Å². The SMILES string of the molecule is COc1ccc(F)cc1/C(O)=C1\C(=O)C(=O)N(Cc2ccc(C(=O)O)cc2)C1c1ccc(N(C)C)cc1. The molecule has 4 rings (SSSR count). The average molecular weight is 505 g/mol. The van der Waals surface area contributed by atoms with E-state index < -0.39 is 35.3 Å². The van der Waals surface area contributed by atoms with Crippen LogP contribution < -0.4 is 9.64 Å². The maximum absolute atomic E-state index is 14.1. The van der Waals surface area contributed by atoms with Gasteiger partial charge in [-0.15, -0.1) is 0 Å². The lowest BCUT2D eigenvalue weighted by Crippen LogP contribution is -2.29. The molecule has 1 saturated heterocycles. The third-order valence-corrected chi connectivity index (χ3v) is 6.24. The first-order valence-corrected chi connectivity index (χ1v) is 11.3. The van der Waals surface area contributed by atoms with E-state index in [0.717, 1.165) is 17.8 Å². The monoisotopic (exact) mass is 504 g/mol. The first kappa shape index (κ1) is 25.4. The highest BCUT2D eigenvalue weighted by molar-refractivity contribution is 6.46. The third-order valence-electron chi connectivity index (χ3n) is 6.24. The lowest BCUT2D eigenvalue weighted by molar-refractivity contribution is -0.140. The Kier molecular flexibility index (Phi) is 6.97. The Hall–Kier alpha value is -4.66. The molecule has 8 nitrogen and oxygen atoms in total. The summed E-state index contributed by atoms with van der Waals surface area (Å²) >= 11 is 0. The third kappa shape index (κ3) is 4.88. The lowest BCUT2D eigenvalue weighted by atomic mass is 9.94. The molecule has 37 heavy (non-hydrogen) atoms. The van der Waals surface area contributed by atoms with Crippen LogP contribution in [0.15, 0.2) is 72.3 Å². The van der Waals surface area contributed by atoms with Gasteiger partial charge in [0.25, 0.3) is 11.7 Å². The standard InChI is InChI=1S/C28H25FN2O6/c1-30(2)20-11-8-17(9-12-20)24-23(25(32)21-14-19(29)10-13-22(21)37-3)26(33)27(34)31(24)15-16-4-6-18(7-5-16)28(35)36/h4-14,24,32H,15H2,1-3H3,(H,35,36)/b25-23+. The van der Waals surface area contributed by atoms with Crippen LogP contribution in [-0.2, 0) is 16.1 Å². The molecule has 0 bridgehead atoms. The molecule has 0 aliphatic carbocycles. The second-order valence-corrected chi connectivity index (χ2v) is 8.76. The molecule has 1 heterocycles. The van der Waals surface area contributed by atoms with Gasteiger partial charge in [0.2, 0.25) is 0 Å². The Balaban J connectivity index is 1.86. The summed E-state index contributed by atoms with van der Waals surface area (Å²) in [5.74, 6) is -3.93. The zero-order valence-corrected chi connectivity index (χ0v) is 20.4. The van der Waals surface area contributed by atoms with Crippen molar-refractivity contribution in [1.29, 1.82) is 0 Å². The molecular weight excluding hydrogens is 479 g/mol. The Morgan fingerprint density at radius 2 is 1.65 bits per heavy atom. The normalized spacial score (nSPS) is 16.6. The molecular formula is C28H25FN2O6. The van der Waals surface area contributed by atoms with Gasteiger partial charge < -0.3 is 24.7 Å². The van der Waals surface area contributed by atoms with Crippen LogP contribution in [0.25, 0.3) is 5.76 Å². The summed E-state index contributed by atoms with van der Waals surface area (Å²) in [6.45, 7) is -0.0262. The number of hydrogen-bond donors (Lipinski definition) is 2. The molecule has 1 unspecified atom stereocenters. The van der Waals surface area contributed by atoms with Crippen LogP contribution in [0.4, 0.5) is 10.1 Å². The fourth-order valence-corrected chi connectivity index (χ4v) is 4.30. The van der Waals surface area contributed by atoms with E-state index in [1.165, 1.54) is 30.2 Å². The van der Waals surface area contributed by atoms with E-state index in [1.54, 1.807) is 24.3 Å². The van der Waals surface area contributed by atoms with E-state index in [1.807, 2.05) is 31.1 Å². The minimum Gasteiger partial charge on any atom is -0.507 e. The number of nitrogens with zero attached hydrogens (tertiary/aromatic N) is 2. The number of carboxylic acid groups (broad SMARTS) is 1. The van der Waals surface area contributed by atoms with Crippen LogP contribution in [0.2, 0.25) is 0 Å². The summed E-state index contributed by atoms with van der Waals surface area (Å²) in [6.07, 6.45) is 0. The molecule has 1 aliphatic rings. The molecule has 190 valence electrons. The molecule has 0 saturated carbocycles. The number of halogens is 1. The Bertz CT molecular complexity index is 1400. The van der Waals surface area contributed by atoms with Crippen molar-refractivity contribution in [3.8, 4) is 5.75 Å². The largest absolute Gasteiger partial charge is 0.507 e. The summed E-state index contributed by atoms with van der Waals surface area (Å²) in [6, 6.07) is 15.6. The molecule has 1 amide bonds. The Morgan fingerprint density at radius 1 is 1.00 bits per heavy atom. The van der Waals surface area contributed by atoms with Gasteiger partial charge in [-0.2, -0.15) is 0 Å². The van der Waals surface area contributed by atoms with Crippen LogP contribution in [0.1, 0.15) is 33.1 Å². The van der Waals surface area contributed by atoms with Gasteiger partial charge in [-0.1, -0.05) is 24.3 Å². The molecule has 1 aliphatic heterocycles. The first-order valence-electron chi connectivity index (χ1n) is 11.3. The van der Waals surface area contributed by atoms with E-state index in [-0.39, 0.29) is 29.0 Å². The zero-order valence-electron chi connectivity index (χ0n) is 20.4. The van der Waals surface area contributed by atoms with Gasteiger partial charge in [-0.3, -0.25) is 9.59 Å². The number of anilines is 1. The lowest BCUT2D eigenvalue weighted by Gasteiger charge is -2.26. The molecule has 0 aromatic heterocycles. The summed E-state index contributed by atoms with van der Waals surface area (Å²) in [5.41, 5.74) is 1.86. The van der Waals surface area contributed by atoms with Crippen LogP contribution >= 0.6 is 0 Å². The molecule has 2 N–H and O–H groups in total. The smallest absolute Gasteiger partial charge is 0.335 e. The molecule has 3 aromatic rings. The number of amides is 1. The van der Waals surface area contributed by atoms with Crippen molar-refractivity contribution in [1.82, 2.24) is 4.90 Å². The van der Waals surface area contributed by atoms with Crippen LogP contribution in [-0.4, -0.2) is 54.0 Å². The number of benzene rings is 3. The second kappa shape index (κ2) is 10.1. The predicted octanol–water partition coefficient (Wildman–Crippen LogP) is 4.22. The number of carbonyl (C=O) groups is 3. The van der Waals surface area contributed by atoms with E-state index in [4.69, 9.17) is 4.74 Å². The van der Waals surface area contributed by atoms with Crippen LogP contribution in [0.3, 0.4) is 0 Å². The van der Waals surface area contributed by atoms with Crippen molar-refractivity contribution in [2.45, 2.75) is 12.6 Å². The van der Waals surface area contributed by atoms with Crippen LogP contribution in [0.5, 0.6) is 5.75 Å². The summed E-state index contributed by atoms with van der Waals surface area (Å²) in [5, 5.41) is 20.4. The number of likely N-dealkylation sites (tertiary alicyclic amines) is 1. The summed E-state index contributed by atoms with van der Waals surface area (Å²) < 4.78 is 19.4. The highest BCUT2D eigenvalue weighted by Crippen LogP contribution is 2.42. The fourth-order valence-electron chi connectivity index (χ4n) is 4.30. The maximum atomic E-state index is 14.1. The van der Waals surface area contributed by atoms with E-state index in [0.29, 0.717) is 11.1 Å². The topological polar surface area (TPSA) is 107 Å². The van der Waals surface area contributed by atoms with E-state index in [9.17, 15) is 29.0 Å². The van der Waals surface area contributed by atoms with Gasteiger partial charge in [-0.05, 0) is 53.6 Å². The van der Waals surface area contributed by atoms with Gasteiger partial charge in [0.1, 0.15) is 17.3 Å². The number of hydrogen-bond acceptors (Lipinski definition) is 6. The van der Waals surface area contributed by atoms with Gasteiger partial charge >= 0.3 is 5.97 Å². The van der Waals surface area contributed by atoms with Crippen molar-refractivity contribution in [3.63, 3.8) is 0 Å². The summed E-state index contributed by atoms with van der Waals surface area (Å²) in [7, 11) is 5.09. The number of aromatic carboxylic acids is 1. The number of methoxy groups -OCH3 is 1. The van der Waals surface area contributed by atoms with Gasteiger partial charge in [0, 0.05) is 26.3 Å². The first-order chi connectivity index (χ1) is 17.6. The average Bonchev–Trinajstić information content (AvgIpc) is 3.13. The predicted molar refractivity (Wildman–Crippen MR) is 135 cm³/mol. The maximum Gasteiger partial charge on any atom is 0.335 e. The summed E-state index contributed by atoms with van der Waals surface area (Å²) in [4.78, 5) is 40.9. The number of ether oxygens (including phenoxy) is 1. The molecule has 9 heteroatoms. The number of rotatable bonds is 7. The minimum absolute atomic E-state index is 0.0262. The van der Waals surface area contributed by atoms with Crippen molar-refractivity contribution >= 4 is 29.1 Å². The van der Waals surface area contributed by atoms with Gasteiger partial charge in [-0.25, -0.2) is 9.18 Å². The Morgan fingerprint density at radius 3 is 2.22 bits per heavy atom. The molecule has 0 spiro atoms. The number of Topliss-reactive ketones (excluding diaryl/α,β-unsaturated/α-hetero) is 1. The van der Waals surface area contributed by atoms with Crippen molar-refractivity contribution in [3.05, 3.63) is 100 Å². The quantitative estimate of drug-likeness (QED) is 0.282. The number of ketones is 1. The molecule has 3 aromatic carbocycles. The number of aliphatic hydroxyl groups excluding tert-OH is 1. The van der Waals surface area contributed by atoms with Gasteiger partial charge in [0.05, 0.1) is 29.9 Å². The van der Waals surface area contributed by atoms with Crippen LogP contribution in [0, 0.1) is 5.82 Å². The minimum atomic E-state index is -1.09.